The van der Waals surface area contributed by atoms with Gasteiger partial charge in [0.05, 0.1) is 20.9 Å². The van der Waals surface area contributed by atoms with Crippen molar-refractivity contribution in [3.63, 3.8) is 0 Å². The molecule has 3 nitrogen and oxygen atoms in total. The molecule has 1 heterocycles. The fourth-order valence-corrected chi connectivity index (χ4v) is 4.29. The van der Waals surface area contributed by atoms with Crippen molar-refractivity contribution in [3.8, 4) is 10.6 Å². The second-order valence-corrected chi connectivity index (χ2v) is 7.90. The Labute approximate surface area is 176 Å². The van der Waals surface area contributed by atoms with Crippen LogP contribution in [0, 0.1) is 0 Å². The number of benzene rings is 3. The molecule has 0 fully saturated rings. The zero-order valence-electron chi connectivity index (χ0n) is 14.5. The summed E-state index contributed by atoms with van der Waals surface area (Å²) in [6.45, 7) is 0. The third-order valence-corrected chi connectivity index (χ3v) is 5.64. The van der Waals surface area contributed by atoms with Gasteiger partial charge >= 0.3 is 0 Å². The number of para-hydroxylation sites is 1. The maximum absolute atomic E-state index is 12.5. The Bertz CT molecular complexity index is 1150. The van der Waals surface area contributed by atoms with Crippen LogP contribution in [0.4, 0.5) is 5.69 Å². The molecule has 0 saturated heterocycles. The molecular weight excluding hydrogens is 411 g/mol. The highest BCUT2D eigenvalue weighted by atomic mass is 35.5. The summed E-state index contributed by atoms with van der Waals surface area (Å²) in [6.07, 6.45) is 3.22. The second-order valence-electron chi connectivity index (χ2n) is 6.03. The van der Waals surface area contributed by atoms with E-state index in [0.717, 1.165) is 20.8 Å². The summed E-state index contributed by atoms with van der Waals surface area (Å²) in [5.41, 5.74) is 3.01. The third-order valence-electron chi connectivity index (χ3n) is 4.05. The number of nitrogens with zero attached hydrogens (tertiary/aromatic N) is 1. The molecule has 138 valence electrons. The van der Waals surface area contributed by atoms with Crippen LogP contribution in [0.5, 0.6) is 0 Å². The standard InChI is InChI=1S/C22H14Cl2N2OS/c23-15-12-16(22-25-18-8-4-5-9-19(18)28-22)21(17(24)13-15)26-20(27)11-10-14-6-2-1-3-7-14/h1-13H,(H,26,27)/b11-10+. The van der Waals surface area contributed by atoms with E-state index in [9.17, 15) is 4.79 Å². The smallest absolute Gasteiger partial charge is 0.248 e. The maximum Gasteiger partial charge on any atom is 0.248 e. The molecule has 0 aliphatic rings. The van der Waals surface area contributed by atoms with Gasteiger partial charge in [0, 0.05) is 16.7 Å². The lowest BCUT2D eigenvalue weighted by atomic mass is 10.1. The summed E-state index contributed by atoms with van der Waals surface area (Å²) in [5.74, 6) is -0.282. The fourth-order valence-electron chi connectivity index (χ4n) is 2.76. The van der Waals surface area contributed by atoms with Crippen LogP contribution in [-0.4, -0.2) is 10.9 Å². The van der Waals surface area contributed by atoms with Gasteiger partial charge in [-0.15, -0.1) is 11.3 Å². The molecule has 0 unspecified atom stereocenters. The topological polar surface area (TPSA) is 42.0 Å². The monoisotopic (exact) mass is 424 g/mol. The molecular formula is C22H14Cl2N2OS. The lowest BCUT2D eigenvalue weighted by Gasteiger charge is -2.11. The van der Waals surface area contributed by atoms with Gasteiger partial charge < -0.3 is 5.32 Å². The zero-order valence-corrected chi connectivity index (χ0v) is 16.9. The first-order valence-corrected chi connectivity index (χ1v) is 10.1. The van der Waals surface area contributed by atoms with Crippen LogP contribution in [0.2, 0.25) is 10.0 Å². The Morgan fingerprint density at radius 1 is 1.00 bits per heavy atom. The Morgan fingerprint density at radius 2 is 1.75 bits per heavy atom. The SMILES string of the molecule is O=C(/C=C/c1ccccc1)Nc1c(Cl)cc(Cl)cc1-c1nc2ccccc2s1. The number of hydrogen-bond donors (Lipinski definition) is 1. The summed E-state index contributed by atoms with van der Waals surface area (Å²) in [7, 11) is 0. The van der Waals surface area contributed by atoms with Crippen LogP contribution in [-0.2, 0) is 4.79 Å². The predicted molar refractivity (Wildman–Crippen MR) is 119 cm³/mol. The van der Waals surface area contributed by atoms with E-state index in [1.807, 2.05) is 54.6 Å². The van der Waals surface area contributed by atoms with Crippen molar-refractivity contribution in [2.75, 3.05) is 5.32 Å². The molecule has 0 aliphatic heterocycles. The Balaban J connectivity index is 1.68. The van der Waals surface area contributed by atoms with E-state index in [1.54, 1.807) is 18.2 Å². The number of halogens is 2. The molecule has 4 rings (SSSR count). The van der Waals surface area contributed by atoms with Crippen molar-refractivity contribution in [1.82, 2.24) is 4.98 Å². The van der Waals surface area contributed by atoms with Crippen molar-refractivity contribution < 1.29 is 4.79 Å². The van der Waals surface area contributed by atoms with Gasteiger partial charge in [-0.2, -0.15) is 0 Å². The van der Waals surface area contributed by atoms with Crippen LogP contribution >= 0.6 is 34.5 Å². The summed E-state index contributed by atoms with van der Waals surface area (Å²) >= 11 is 14.1. The minimum atomic E-state index is -0.282. The highest BCUT2D eigenvalue weighted by Crippen LogP contribution is 2.40. The molecule has 0 saturated carbocycles. The normalized spacial score (nSPS) is 11.2. The first kappa shape index (κ1) is 18.7. The molecule has 0 atom stereocenters. The Hall–Kier alpha value is -2.66. The molecule has 6 heteroatoms. The minimum Gasteiger partial charge on any atom is -0.321 e. The first-order chi connectivity index (χ1) is 13.6. The van der Waals surface area contributed by atoms with E-state index >= 15 is 0 Å². The lowest BCUT2D eigenvalue weighted by molar-refractivity contribution is -0.111. The summed E-state index contributed by atoms with van der Waals surface area (Å²) < 4.78 is 1.05. The van der Waals surface area contributed by atoms with Crippen molar-refractivity contribution >= 4 is 62.4 Å². The molecule has 0 bridgehead atoms. The second kappa shape index (κ2) is 8.15. The number of carbonyl (C=O) groups is 1. The number of amides is 1. The van der Waals surface area contributed by atoms with E-state index in [4.69, 9.17) is 23.2 Å². The maximum atomic E-state index is 12.5. The van der Waals surface area contributed by atoms with Crippen molar-refractivity contribution in [2.45, 2.75) is 0 Å². The lowest BCUT2D eigenvalue weighted by Crippen LogP contribution is -2.09. The van der Waals surface area contributed by atoms with E-state index in [2.05, 4.69) is 10.3 Å². The number of hydrogen-bond acceptors (Lipinski definition) is 3. The van der Waals surface area contributed by atoms with Gasteiger partial charge in [-0.3, -0.25) is 4.79 Å². The van der Waals surface area contributed by atoms with Gasteiger partial charge in [0.1, 0.15) is 5.01 Å². The molecule has 1 N–H and O–H groups in total. The van der Waals surface area contributed by atoms with E-state index < -0.39 is 0 Å². The van der Waals surface area contributed by atoms with Gasteiger partial charge in [0.2, 0.25) is 5.91 Å². The average Bonchev–Trinajstić information content (AvgIpc) is 3.13. The van der Waals surface area contributed by atoms with Crippen LogP contribution in [0.3, 0.4) is 0 Å². The molecule has 4 aromatic rings. The fraction of sp³-hybridized carbons (Fsp3) is 0. The van der Waals surface area contributed by atoms with Crippen molar-refractivity contribution in [2.24, 2.45) is 0 Å². The third kappa shape index (κ3) is 4.09. The van der Waals surface area contributed by atoms with Crippen LogP contribution in [0.15, 0.2) is 72.8 Å². The minimum absolute atomic E-state index is 0.282. The number of aromatic nitrogens is 1. The van der Waals surface area contributed by atoms with Gasteiger partial charge in [-0.25, -0.2) is 4.98 Å². The van der Waals surface area contributed by atoms with Crippen molar-refractivity contribution in [1.29, 1.82) is 0 Å². The highest BCUT2D eigenvalue weighted by molar-refractivity contribution is 7.21. The number of thiazole rings is 1. The van der Waals surface area contributed by atoms with Crippen LogP contribution in [0.25, 0.3) is 26.9 Å². The number of anilines is 1. The molecule has 0 spiro atoms. The summed E-state index contributed by atoms with van der Waals surface area (Å²) in [6, 6.07) is 20.8. The van der Waals surface area contributed by atoms with E-state index in [0.29, 0.717) is 21.3 Å². The molecule has 1 aromatic heterocycles. The first-order valence-electron chi connectivity index (χ1n) is 8.49. The summed E-state index contributed by atoms with van der Waals surface area (Å²) in [5, 5.41) is 4.46. The summed E-state index contributed by atoms with van der Waals surface area (Å²) in [4.78, 5) is 17.1. The van der Waals surface area contributed by atoms with Crippen LogP contribution in [0.1, 0.15) is 5.56 Å². The molecule has 0 aliphatic carbocycles. The molecule has 0 radical (unpaired) electrons. The van der Waals surface area contributed by atoms with E-state index in [1.165, 1.54) is 17.4 Å². The molecule has 3 aromatic carbocycles. The Morgan fingerprint density at radius 3 is 2.54 bits per heavy atom. The van der Waals surface area contributed by atoms with Gasteiger partial charge in [0.25, 0.3) is 0 Å². The highest BCUT2D eigenvalue weighted by Gasteiger charge is 2.16. The quantitative estimate of drug-likeness (QED) is 0.361. The number of carbonyl (C=O) groups excluding carboxylic acids is 1. The van der Waals surface area contributed by atoms with Gasteiger partial charge in [0.15, 0.2) is 0 Å². The molecule has 1 amide bonds. The Kier molecular flexibility index (Phi) is 5.44. The molecule has 28 heavy (non-hydrogen) atoms. The number of rotatable bonds is 4. The zero-order chi connectivity index (χ0) is 19.5. The van der Waals surface area contributed by atoms with Crippen molar-refractivity contribution in [3.05, 3.63) is 88.4 Å². The van der Waals surface area contributed by atoms with Gasteiger partial charge in [-0.05, 0) is 35.9 Å². The van der Waals surface area contributed by atoms with Crippen LogP contribution < -0.4 is 5.32 Å². The largest absolute Gasteiger partial charge is 0.321 e. The average molecular weight is 425 g/mol. The predicted octanol–water partition coefficient (Wildman–Crippen LogP) is 6.92. The number of nitrogens with one attached hydrogen (secondary N) is 1. The van der Waals surface area contributed by atoms with E-state index in [-0.39, 0.29) is 5.91 Å². The number of fused-ring (bicyclic) bond motifs is 1. The van der Waals surface area contributed by atoms with Gasteiger partial charge in [-0.1, -0.05) is 65.7 Å².